The fourth-order valence-corrected chi connectivity index (χ4v) is 2.79. The fraction of sp³-hybridized carbons (Fsp3) is 0.211. The summed E-state index contributed by atoms with van der Waals surface area (Å²) in [7, 11) is 0. The van der Waals surface area contributed by atoms with Crippen LogP contribution in [0.15, 0.2) is 53.9 Å². The van der Waals surface area contributed by atoms with E-state index in [4.69, 9.17) is 9.47 Å². The van der Waals surface area contributed by atoms with Gasteiger partial charge in [-0.2, -0.15) is 0 Å². The van der Waals surface area contributed by atoms with Crippen LogP contribution < -0.4 is 9.47 Å². The van der Waals surface area contributed by atoms with Crippen LogP contribution in [0.25, 0.3) is 0 Å². The summed E-state index contributed by atoms with van der Waals surface area (Å²) in [5.74, 6) is 2.37. The smallest absolute Gasteiger partial charge is 0.131 e. The third-order valence-electron chi connectivity index (χ3n) is 3.43. The molecule has 0 spiro atoms. The molecule has 0 fully saturated rings. The lowest BCUT2D eigenvalue weighted by atomic mass is 10.2. The first-order valence-electron chi connectivity index (χ1n) is 7.63. The number of aromatic nitrogens is 1. The predicted molar refractivity (Wildman–Crippen MR) is 93.5 cm³/mol. The first-order valence-corrected chi connectivity index (χ1v) is 8.51. The summed E-state index contributed by atoms with van der Waals surface area (Å²) >= 11 is 1.63. The highest BCUT2D eigenvalue weighted by molar-refractivity contribution is 7.09. The highest BCUT2D eigenvalue weighted by Crippen LogP contribution is 2.26. The SMILES string of the molecule is CCc1ccc(Oc2cccc(OCc3csc(C)n3)c2)cc1. The molecule has 23 heavy (non-hydrogen) atoms. The zero-order valence-corrected chi connectivity index (χ0v) is 14.1. The van der Waals surface area contributed by atoms with E-state index in [9.17, 15) is 0 Å². The van der Waals surface area contributed by atoms with E-state index in [1.54, 1.807) is 11.3 Å². The van der Waals surface area contributed by atoms with Crippen molar-refractivity contribution in [2.24, 2.45) is 0 Å². The second-order valence-electron chi connectivity index (χ2n) is 5.22. The van der Waals surface area contributed by atoms with Crippen LogP contribution in [-0.4, -0.2) is 4.98 Å². The Balaban J connectivity index is 1.64. The number of ether oxygens (including phenoxy) is 2. The molecule has 0 saturated heterocycles. The van der Waals surface area contributed by atoms with Gasteiger partial charge in [0, 0.05) is 11.4 Å². The van der Waals surface area contributed by atoms with Crippen LogP contribution in [0.3, 0.4) is 0 Å². The summed E-state index contributed by atoms with van der Waals surface area (Å²) in [6.45, 7) is 4.60. The van der Waals surface area contributed by atoms with Crippen LogP contribution in [-0.2, 0) is 13.0 Å². The second-order valence-corrected chi connectivity index (χ2v) is 6.28. The largest absolute Gasteiger partial charge is 0.487 e. The zero-order chi connectivity index (χ0) is 16.1. The van der Waals surface area contributed by atoms with Crippen molar-refractivity contribution in [3.05, 3.63) is 70.2 Å². The molecule has 1 heterocycles. The number of hydrogen-bond donors (Lipinski definition) is 0. The predicted octanol–water partition coefficient (Wildman–Crippen LogP) is 5.39. The lowest BCUT2D eigenvalue weighted by Crippen LogP contribution is -1.96. The molecule has 0 unspecified atom stereocenters. The molecule has 3 aromatic rings. The van der Waals surface area contributed by atoms with Gasteiger partial charge in [0.2, 0.25) is 0 Å². The van der Waals surface area contributed by atoms with Crippen molar-refractivity contribution >= 4 is 11.3 Å². The van der Waals surface area contributed by atoms with Crippen molar-refractivity contribution in [2.75, 3.05) is 0 Å². The average molecular weight is 325 g/mol. The minimum atomic E-state index is 0.471. The van der Waals surface area contributed by atoms with E-state index in [0.717, 1.165) is 34.4 Å². The Morgan fingerprint density at radius 3 is 2.48 bits per heavy atom. The van der Waals surface area contributed by atoms with Gasteiger partial charge in [0.05, 0.1) is 10.7 Å². The normalized spacial score (nSPS) is 10.5. The maximum absolute atomic E-state index is 5.88. The first-order chi connectivity index (χ1) is 11.2. The van der Waals surface area contributed by atoms with Gasteiger partial charge in [-0.1, -0.05) is 25.1 Å². The van der Waals surface area contributed by atoms with Crippen molar-refractivity contribution < 1.29 is 9.47 Å². The summed E-state index contributed by atoms with van der Waals surface area (Å²) in [6.07, 6.45) is 1.03. The number of aryl methyl sites for hydroxylation is 2. The Bertz CT molecular complexity index is 765. The van der Waals surface area contributed by atoms with E-state index in [0.29, 0.717) is 6.61 Å². The molecule has 0 aliphatic heterocycles. The summed E-state index contributed by atoms with van der Waals surface area (Å²) in [5, 5.41) is 3.07. The standard InChI is InChI=1S/C19H19NO2S/c1-3-15-7-9-17(10-8-15)22-19-6-4-5-18(11-19)21-12-16-13-23-14(2)20-16/h4-11,13H,3,12H2,1-2H3. The molecule has 0 N–H and O–H groups in total. The van der Waals surface area contributed by atoms with E-state index >= 15 is 0 Å². The van der Waals surface area contributed by atoms with Crippen LogP contribution >= 0.6 is 11.3 Å². The third kappa shape index (κ3) is 4.33. The molecule has 0 aliphatic rings. The highest BCUT2D eigenvalue weighted by Gasteiger charge is 2.03. The number of hydrogen-bond acceptors (Lipinski definition) is 4. The van der Waals surface area contributed by atoms with Crippen LogP contribution in [0.1, 0.15) is 23.2 Å². The molecule has 118 valence electrons. The van der Waals surface area contributed by atoms with Gasteiger partial charge >= 0.3 is 0 Å². The molecule has 0 atom stereocenters. The van der Waals surface area contributed by atoms with Crippen molar-refractivity contribution in [1.29, 1.82) is 0 Å². The fourth-order valence-electron chi connectivity index (χ4n) is 2.19. The average Bonchev–Trinajstić information content (AvgIpc) is 3.00. The minimum absolute atomic E-state index is 0.471. The summed E-state index contributed by atoms with van der Waals surface area (Å²) in [5.41, 5.74) is 2.25. The van der Waals surface area contributed by atoms with Gasteiger partial charge in [-0.3, -0.25) is 0 Å². The molecule has 4 heteroatoms. The quantitative estimate of drug-likeness (QED) is 0.609. The zero-order valence-electron chi connectivity index (χ0n) is 13.3. The van der Waals surface area contributed by atoms with Gasteiger partial charge in [-0.05, 0) is 43.2 Å². The Labute approximate surface area is 140 Å². The maximum Gasteiger partial charge on any atom is 0.131 e. The molecule has 0 bridgehead atoms. The molecule has 3 nitrogen and oxygen atoms in total. The van der Waals surface area contributed by atoms with Gasteiger partial charge in [-0.25, -0.2) is 4.98 Å². The Morgan fingerprint density at radius 1 is 1.00 bits per heavy atom. The first kappa shape index (κ1) is 15.6. The van der Waals surface area contributed by atoms with Crippen LogP contribution in [0.4, 0.5) is 0 Å². The molecule has 3 rings (SSSR count). The van der Waals surface area contributed by atoms with E-state index < -0.39 is 0 Å². The van der Waals surface area contributed by atoms with E-state index in [1.807, 2.05) is 48.7 Å². The molecular weight excluding hydrogens is 306 g/mol. The monoisotopic (exact) mass is 325 g/mol. The number of nitrogens with zero attached hydrogens (tertiary/aromatic N) is 1. The Kier molecular flexibility index (Phi) is 4.93. The van der Waals surface area contributed by atoms with Crippen LogP contribution in [0.5, 0.6) is 17.2 Å². The van der Waals surface area contributed by atoms with Gasteiger partial charge < -0.3 is 9.47 Å². The Hall–Kier alpha value is -2.33. The molecule has 0 saturated carbocycles. The van der Waals surface area contributed by atoms with Gasteiger partial charge in [-0.15, -0.1) is 11.3 Å². The topological polar surface area (TPSA) is 31.4 Å². The molecule has 0 amide bonds. The summed E-state index contributed by atoms with van der Waals surface area (Å²) in [6, 6.07) is 15.8. The number of rotatable bonds is 6. The van der Waals surface area contributed by atoms with Crippen molar-refractivity contribution in [3.63, 3.8) is 0 Å². The van der Waals surface area contributed by atoms with E-state index in [1.165, 1.54) is 5.56 Å². The molecule has 0 radical (unpaired) electrons. The van der Waals surface area contributed by atoms with Gasteiger partial charge in [0.1, 0.15) is 23.9 Å². The minimum Gasteiger partial charge on any atom is -0.487 e. The van der Waals surface area contributed by atoms with Crippen molar-refractivity contribution in [3.8, 4) is 17.2 Å². The second kappa shape index (κ2) is 7.29. The van der Waals surface area contributed by atoms with Crippen molar-refractivity contribution in [1.82, 2.24) is 4.98 Å². The lowest BCUT2D eigenvalue weighted by molar-refractivity contribution is 0.300. The van der Waals surface area contributed by atoms with Crippen molar-refractivity contribution in [2.45, 2.75) is 26.9 Å². The number of thiazole rings is 1. The molecule has 1 aromatic heterocycles. The lowest BCUT2D eigenvalue weighted by Gasteiger charge is -2.09. The van der Waals surface area contributed by atoms with E-state index in [-0.39, 0.29) is 0 Å². The number of benzene rings is 2. The Morgan fingerprint density at radius 2 is 1.78 bits per heavy atom. The third-order valence-corrected chi connectivity index (χ3v) is 4.25. The van der Waals surface area contributed by atoms with Crippen LogP contribution in [0.2, 0.25) is 0 Å². The van der Waals surface area contributed by atoms with Gasteiger partial charge in [0.25, 0.3) is 0 Å². The maximum atomic E-state index is 5.88. The highest BCUT2D eigenvalue weighted by atomic mass is 32.1. The molecule has 2 aromatic carbocycles. The molecular formula is C19H19NO2S. The summed E-state index contributed by atoms with van der Waals surface area (Å²) in [4.78, 5) is 4.39. The van der Waals surface area contributed by atoms with E-state index in [2.05, 4.69) is 24.0 Å². The summed E-state index contributed by atoms with van der Waals surface area (Å²) < 4.78 is 11.7. The van der Waals surface area contributed by atoms with Crippen LogP contribution in [0, 0.1) is 6.92 Å². The molecule has 0 aliphatic carbocycles. The van der Waals surface area contributed by atoms with Gasteiger partial charge in [0.15, 0.2) is 0 Å².